The van der Waals surface area contributed by atoms with Crippen molar-refractivity contribution in [3.05, 3.63) is 54.2 Å². The molecular weight excluding hydrogens is 435 g/mol. The van der Waals surface area contributed by atoms with E-state index in [9.17, 15) is 5.11 Å². The number of methoxy groups -OCH3 is 1. The molecule has 0 fully saturated rings. The number of aryl methyl sites for hydroxylation is 1. The molecule has 1 N–H and O–H groups in total. The summed E-state index contributed by atoms with van der Waals surface area (Å²) >= 11 is 0. The number of phenolic OH excluding ortho intramolecular Hbond substituents is 1. The van der Waals surface area contributed by atoms with E-state index in [2.05, 4.69) is 28.8 Å². The summed E-state index contributed by atoms with van der Waals surface area (Å²) in [7, 11) is 3.25. The first-order chi connectivity index (χ1) is 16.4. The van der Waals surface area contributed by atoms with Crippen LogP contribution in [-0.2, 0) is 13.6 Å². The Labute approximate surface area is 197 Å². The molecule has 0 bridgehead atoms. The number of benzene rings is 2. The van der Waals surface area contributed by atoms with Gasteiger partial charge in [-0.15, -0.1) is 0 Å². The Bertz CT molecular complexity index is 1370. The minimum Gasteiger partial charge on any atom is -0.508 e. The van der Waals surface area contributed by atoms with E-state index < -0.39 is 5.82 Å². The highest BCUT2D eigenvalue weighted by molar-refractivity contribution is 5.87. The van der Waals surface area contributed by atoms with Crippen molar-refractivity contribution in [3.63, 3.8) is 0 Å². The number of halogens is 1. The minimum atomic E-state index is -0.514. The number of anilines is 2. The highest BCUT2D eigenvalue weighted by Crippen LogP contribution is 2.40. The van der Waals surface area contributed by atoms with Gasteiger partial charge in [-0.2, -0.15) is 5.10 Å². The average molecular weight is 463 g/mol. The van der Waals surface area contributed by atoms with Crippen LogP contribution in [0.25, 0.3) is 22.3 Å². The predicted molar refractivity (Wildman–Crippen MR) is 129 cm³/mol. The van der Waals surface area contributed by atoms with Crippen LogP contribution < -0.4 is 9.64 Å². The Hall–Kier alpha value is -3.72. The van der Waals surface area contributed by atoms with E-state index in [4.69, 9.17) is 9.72 Å². The zero-order valence-corrected chi connectivity index (χ0v) is 19.7. The topological polar surface area (TPSA) is 79.5 Å². The smallest absolute Gasteiger partial charge is 0.188 e. The lowest BCUT2D eigenvalue weighted by Gasteiger charge is -2.27. The van der Waals surface area contributed by atoms with Crippen molar-refractivity contribution in [2.24, 2.45) is 7.05 Å². The molecular formula is C25H27FN6O2. The molecule has 0 spiro atoms. The van der Waals surface area contributed by atoms with Gasteiger partial charge in [-0.1, -0.05) is 0 Å². The fraction of sp³-hybridized carbons (Fsp3) is 0.320. The molecule has 0 saturated heterocycles. The van der Waals surface area contributed by atoms with E-state index >= 15 is 4.39 Å². The third-order valence-electron chi connectivity index (χ3n) is 6.30. The van der Waals surface area contributed by atoms with Gasteiger partial charge in [0.1, 0.15) is 5.75 Å². The predicted octanol–water partition coefficient (Wildman–Crippen LogP) is 4.25. The lowest BCUT2D eigenvalue weighted by Crippen LogP contribution is -2.34. The van der Waals surface area contributed by atoms with E-state index in [0.29, 0.717) is 19.6 Å². The van der Waals surface area contributed by atoms with E-state index in [0.717, 1.165) is 33.5 Å². The number of hydrogen-bond acceptors (Lipinski definition) is 7. The summed E-state index contributed by atoms with van der Waals surface area (Å²) in [6.07, 6.45) is 5.41. The van der Waals surface area contributed by atoms with Crippen LogP contribution in [0, 0.1) is 5.82 Å². The molecule has 1 aliphatic rings. The summed E-state index contributed by atoms with van der Waals surface area (Å²) in [6, 6.07) is 6.86. The first kappa shape index (κ1) is 22.1. The molecule has 0 unspecified atom stereocenters. The van der Waals surface area contributed by atoms with Crippen LogP contribution in [0.1, 0.15) is 19.4 Å². The first-order valence-corrected chi connectivity index (χ1v) is 11.2. The number of rotatable bonds is 4. The minimum absolute atomic E-state index is 0.000886. The Morgan fingerprint density at radius 2 is 1.94 bits per heavy atom. The Kier molecular flexibility index (Phi) is 5.57. The van der Waals surface area contributed by atoms with Crippen molar-refractivity contribution < 1.29 is 14.2 Å². The van der Waals surface area contributed by atoms with Crippen molar-refractivity contribution in [2.75, 3.05) is 25.1 Å². The molecule has 0 radical (unpaired) electrons. The number of nitrogens with zero attached hydrogens (tertiary/aromatic N) is 6. The number of aromatic nitrogens is 4. The fourth-order valence-corrected chi connectivity index (χ4v) is 4.46. The normalized spacial score (nSPS) is 14.5. The van der Waals surface area contributed by atoms with E-state index in [-0.39, 0.29) is 23.2 Å². The number of fused-ring (bicyclic) bond motifs is 3. The second kappa shape index (κ2) is 8.57. The summed E-state index contributed by atoms with van der Waals surface area (Å²) in [6.45, 7) is 6.18. The van der Waals surface area contributed by atoms with E-state index in [1.54, 1.807) is 17.1 Å². The van der Waals surface area contributed by atoms with Crippen molar-refractivity contribution in [1.82, 2.24) is 24.6 Å². The van der Waals surface area contributed by atoms with E-state index in [1.165, 1.54) is 19.2 Å². The summed E-state index contributed by atoms with van der Waals surface area (Å²) in [5.74, 6) is -0.570. The fourth-order valence-electron chi connectivity index (χ4n) is 4.46. The summed E-state index contributed by atoms with van der Waals surface area (Å²) < 4.78 is 22.3. The first-order valence-electron chi connectivity index (χ1n) is 11.2. The van der Waals surface area contributed by atoms with Gasteiger partial charge >= 0.3 is 0 Å². The molecule has 1 aliphatic heterocycles. The third kappa shape index (κ3) is 3.81. The van der Waals surface area contributed by atoms with Crippen LogP contribution in [0.4, 0.5) is 15.8 Å². The zero-order valence-electron chi connectivity index (χ0n) is 19.7. The maximum atomic E-state index is 15.4. The van der Waals surface area contributed by atoms with Gasteiger partial charge in [0.25, 0.3) is 0 Å². The second-order valence-corrected chi connectivity index (χ2v) is 8.79. The number of ether oxygens (including phenoxy) is 1. The zero-order chi connectivity index (χ0) is 24.0. The maximum Gasteiger partial charge on any atom is 0.188 e. The largest absolute Gasteiger partial charge is 0.508 e. The van der Waals surface area contributed by atoms with Crippen LogP contribution in [0.3, 0.4) is 0 Å². The van der Waals surface area contributed by atoms with Gasteiger partial charge in [-0.3, -0.25) is 14.6 Å². The SMILES string of the molecule is COc1cc(O)cc(N2CCN(C(C)C)Cc3c2ccc2ncc(-c4cnn(C)c4)nc32)c1F. The molecule has 8 nitrogen and oxygen atoms in total. The highest BCUT2D eigenvalue weighted by Gasteiger charge is 2.28. The molecule has 2 aromatic carbocycles. The van der Waals surface area contributed by atoms with Crippen LogP contribution in [-0.4, -0.2) is 56.0 Å². The molecule has 0 atom stereocenters. The maximum absolute atomic E-state index is 15.4. The van der Waals surface area contributed by atoms with Crippen molar-refractivity contribution >= 4 is 22.4 Å². The van der Waals surface area contributed by atoms with Crippen LogP contribution in [0.15, 0.2) is 42.9 Å². The monoisotopic (exact) mass is 462 g/mol. The molecule has 3 heterocycles. The van der Waals surface area contributed by atoms with Gasteiger partial charge in [0.15, 0.2) is 11.6 Å². The van der Waals surface area contributed by atoms with Crippen molar-refractivity contribution in [1.29, 1.82) is 0 Å². The molecule has 0 amide bonds. The lowest BCUT2D eigenvalue weighted by atomic mass is 10.1. The highest BCUT2D eigenvalue weighted by atomic mass is 19.1. The van der Waals surface area contributed by atoms with Crippen LogP contribution in [0.2, 0.25) is 0 Å². The standard InChI is InChI=1S/C25H27FN6O2/c1-15(2)31-7-8-32(22-9-17(33)10-23(34-4)24(22)26)21-6-5-19-25(18(21)14-31)29-20(12-27-19)16-11-28-30(3)13-16/h5-6,9-13,15,33H,7-8,14H2,1-4H3. The van der Waals surface area contributed by atoms with Gasteiger partial charge in [0.2, 0.25) is 0 Å². The summed E-state index contributed by atoms with van der Waals surface area (Å²) in [5, 5.41) is 14.5. The average Bonchev–Trinajstić information content (AvgIpc) is 3.15. The van der Waals surface area contributed by atoms with Gasteiger partial charge in [-0.05, 0) is 26.0 Å². The summed E-state index contributed by atoms with van der Waals surface area (Å²) in [5.41, 5.74) is 5.20. The number of hydrogen-bond donors (Lipinski definition) is 1. The van der Waals surface area contributed by atoms with Gasteiger partial charge < -0.3 is 14.7 Å². The van der Waals surface area contributed by atoms with Gasteiger partial charge in [0.05, 0.1) is 41.9 Å². The van der Waals surface area contributed by atoms with Gasteiger partial charge in [0, 0.05) is 67.9 Å². The second-order valence-electron chi connectivity index (χ2n) is 8.79. The number of aromatic hydroxyl groups is 1. The third-order valence-corrected chi connectivity index (χ3v) is 6.30. The van der Waals surface area contributed by atoms with Crippen molar-refractivity contribution in [2.45, 2.75) is 26.4 Å². The van der Waals surface area contributed by atoms with Crippen molar-refractivity contribution in [3.8, 4) is 22.8 Å². The Morgan fingerprint density at radius 1 is 1.12 bits per heavy atom. The quantitative estimate of drug-likeness (QED) is 0.486. The van der Waals surface area contributed by atoms with Gasteiger partial charge in [-0.25, -0.2) is 9.37 Å². The van der Waals surface area contributed by atoms with E-state index in [1.807, 2.05) is 30.3 Å². The molecule has 4 aromatic rings. The molecule has 0 saturated carbocycles. The summed E-state index contributed by atoms with van der Waals surface area (Å²) in [4.78, 5) is 13.9. The molecule has 9 heteroatoms. The molecule has 34 heavy (non-hydrogen) atoms. The lowest BCUT2D eigenvalue weighted by molar-refractivity contribution is 0.224. The number of phenols is 1. The molecule has 176 valence electrons. The van der Waals surface area contributed by atoms with Crippen LogP contribution in [0.5, 0.6) is 11.5 Å². The van der Waals surface area contributed by atoms with Crippen LogP contribution >= 0.6 is 0 Å². The molecule has 0 aliphatic carbocycles. The Balaban J connectivity index is 1.73. The molecule has 5 rings (SSSR count). The Morgan fingerprint density at radius 3 is 2.65 bits per heavy atom. The molecule has 2 aromatic heterocycles.